The third-order valence-electron chi connectivity index (χ3n) is 3.25. The van der Waals surface area contributed by atoms with Crippen molar-refractivity contribution in [3.63, 3.8) is 0 Å². The molecule has 0 saturated carbocycles. The summed E-state index contributed by atoms with van der Waals surface area (Å²) < 4.78 is 0. The van der Waals surface area contributed by atoms with Crippen LogP contribution in [0.15, 0.2) is 4.99 Å². The van der Waals surface area contributed by atoms with Crippen LogP contribution in [0.3, 0.4) is 0 Å². The lowest BCUT2D eigenvalue weighted by atomic mass is 9.88. The number of hydrogen-bond donors (Lipinski definition) is 2. The molecule has 1 amide bonds. The van der Waals surface area contributed by atoms with Crippen molar-refractivity contribution in [3.05, 3.63) is 0 Å². The maximum atomic E-state index is 12.0. The van der Waals surface area contributed by atoms with Crippen molar-refractivity contribution in [2.24, 2.45) is 4.99 Å². The minimum Gasteiger partial charge on any atom is -0.342 e. The van der Waals surface area contributed by atoms with Gasteiger partial charge in [0.2, 0.25) is 0 Å². The van der Waals surface area contributed by atoms with E-state index >= 15 is 0 Å². The Morgan fingerprint density at radius 1 is 1.38 bits per heavy atom. The highest BCUT2D eigenvalue weighted by Crippen LogP contribution is 2.24. The van der Waals surface area contributed by atoms with Crippen molar-refractivity contribution >= 4 is 11.9 Å². The summed E-state index contributed by atoms with van der Waals surface area (Å²) in [5.74, 6) is 0.726. The normalized spacial score (nSPS) is 27.5. The van der Waals surface area contributed by atoms with Crippen LogP contribution in [0.25, 0.3) is 0 Å². The number of nitrogens with zero attached hydrogens (tertiary/aromatic N) is 2. The van der Waals surface area contributed by atoms with Crippen LogP contribution in [0.2, 0.25) is 0 Å². The first-order valence-electron chi connectivity index (χ1n) is 5.88. The lowest BCUT2D eigenvalue weighted by Crippen LogP contribution is -2.54. The van der Waals surface area contributed by atoms with Crippen molar-refractivity contribution in [2.75, 3.05) is 20.1 Å². The number of piperidine rings is 1. The molecule has 2 N–H and O–H groups in total. The maximum Gasteiger partial charge on any atom is 0.252 e. The lowest BCUT2D eigenvalue weighted by molar-refractivity contribution is -0.125. The zero-order valence-electron chi connectivity index (χ0n) is 10.2. The highest BCUT2D eigenvalue weighted by atomic mass is 16.2. The fraction of sp³-hybridized carbons (Fsp3) is 0.818. The van der Waals surface area contributed by atoms with Gasteiger partial charge in [0.05, 0.1) is 0 Å². The summed E-state index contributed by atoms with van der Waals surface area (Å²) in [7, 11) is 2.09. The molecule has 0 atom stereocenters. The molecule has 0 aromatic heterocycles. The van der Waals surface area contributed by atoms with Gasteiger partial charge in [-0.25, -0.2) is 0 Å². The van der Waals surface area contributed by atoms with Gasteiger partial charge in [0.1, 0.15) is 5.54 Å². The minimum atomic E-state index is -0.403. The SMILES string of the molecule is CC(C)N=C1NC(=O)C2(CCN(C)CC2)N1. The second kappa shape index (κ2) is 4.05. The predicted molar refractivity (Wildman–Crippen MR) is 63.3 cm³/mol. The summed E-state index contributed by atoms with van der Waals surface area (Å²) in [6, 6.07) is 0.198. The number of rotatable bonds is 1. The molecule has 2 fully saturated rings. The number of hydrogen-bond acceptors (Lipinski definition) is 3. The van der Waals surface area contributed by atoms with Crippen LogP contribution < -0.4 is 10.6 Å². The Bertz CT molecular complexity index is 316. The number of nitrogens with one attached hydrogen (secondary N) is 2. The zero-order chi connectivity index (χ0) is 11.8. The first kappa shape index (κ1) is 11.4. The van der Waals surface area contributed by atoms with E-state index in [0.717, 1.165) is 25.9 Å². The molecule has 0 unspecified atom stereocenters. The first-order chi connectivity index (χ1) is 7.52. The Hall–Kier alpha value is -1.10. The maximum absolute atomic E-state index is 12.0. The highest BCUT2D eigenvalue weighted by molar-refractivity contribution is 6.09. The van der Waals surface area contributed by atoms with E-state index < -0.39 is 5.54 Å². The van der Waals surface area contributed by atoms with Crippen molar-refractivity contribution in [1.29, 1.82) is 0 Å². The fourth-order valence-corrected chi connectivity index (χ4v) is 2.22. The Morgan fingerprint density at radius 2 is 2.00 bits per heavy atom. The van der Waals surface area contributed by atoms with E-state index in [1.807, 2.05) is 13.8 Å². The van der Waals surface area contributed by atoms with E-state index in [9.17, 15) is 4.79 Å². The van der Waals surface area contributed by atoms with E-state index in [2.05, 4.69) is 27.6 Å². The molecule has 0 aromatic rings. The molecule has 90 valence electrons. The Balaban J connectivity index is 2.10. The van der Waals surface area contributed by atoms with E-state index in [1.165, 1.54) is 0 Å². The van der Waals surface area contributed by atoms with Crippen molar-refractivity contribution in [1.82, 2.24) is 15.5 Å². The topological polar surface area (TPSA) is 56.7 Å². The van der Waals surface area contributed by atoms with E-state index in [-0.39, 0.29) is 11.9 Å². The summed E-state index contributed by atoms with van der Waals surface area (Å²) in [6.45, 7) is 5.91. The number of aliphatic imine (C=N–C) groups is 1. The Kier molecular flexibility index (Phi) is 2.88. The Morgan fingerprint density at radius 3 is 2.56 bits per heavy atom. The number of amides is 1. The largest absolute Gasteiger partial charge is 0.342 e. The monoisotopic (exact) mass is 224 g/mol. The summed E-state index contributed by atoms with van der Waals surface area (Å²) in [5, 5.41) is 6.11. The van der Waals surface area contributed by atoms with E-state index in [4.69, 9.17) is 0 Å². The molecular formula is C11H20N4O. The zero-order valence-corrected chi connectivity index (χ0v) is 10.2. The van der Waals surface area contributed by atoms with Crippen LogP contribution in [0.5, 0.6) is 0 Å². The number of guanidine groups is 1. The molecule has 2 aliphatic heterocycles. The van der Waals surface area contributed by atoms with Gasteiger partial charge in [-0.2, -0.15) is 0 Å². The van der Waals surface area contributed by atoms with Gasteiger partial charge in [0.15, 0.2) is 5.96 Å². The summed E-state index contributed by atoms with van der Waals surface area (Å²) in [6.07, 6.45) is 1.71. The smallest absolute Gasteiger partial charge is 0.252 e. The van der Waals surface area contributed by atoms with Gasteiger partial charge >= 0.3 is 0 Å². The molecule has 2 rings (SSSR count). The average molecular weight is 224 g/mol. The molecule has 2 saturated heterocycles. The third-order valence-corrected chi connectivity index (χ3v) is 3.25. The molecule has 5 nitrogen and oxygen atoms in total. The van der Waals surface area contributed by atoms with Gasteiger partial charge in [-0.3, -0.25) is 15.1 Å². The number of carbonyl (C=O) groups excluding carboxylic acids is 1. The third kappa shape index (κ3) is 2.04. The van der Waals surface area contributed by atoms with Crippen molar-refractivity contribution in [2.45, 2.75) is 38.3 Å². The fourth-order valence-electron chi connectivity index (χ4n) is 2.22. The molecule has 1 spiro atoms. The summed E-state index contributed by atoms with van der Waals surface area (Å²) in [5.41, 5.74) is -0.403. The summed E-state index contributed by atoms with van der Waals surface area (Å²) in [4.78, 5) is 18.6. The predicted octanol–water partition coefficient (Wildman–Crippen LogP) is -0.0654. The molecule has 0 aromatic carbocycles. The molecule has 5 heteroatoms. The first-order valence-corrected chi connectivity index (χ1v) is 5.88. The highest BCUT2D eigenvalue weighted by Gasteiger charge is 2.46. The minimum absolute atomic E-state index is 0.0833. The van der Waals surface area contributed by atoms with Gasteiger partial charge in [0.25, 0.3) is 5.91 Å². The molecule has 0 bridgehead atoms. The van der Waals surface area contributed by atoms with Crippen molar-refractivity contribution in [3.8, 4) is 0 Å². The number of likely N-dealkylation sites (tertiary alicyclic amines) is 1. The van der Waals surface area contributed by atoms with E-state index in [0.29, 0.717) is 5.96 Å². The van der Waals surface area contributed by atoms with Crippen LogP contribution in [0.1, 0.15) is 26.7 Å². The quantitative estimate of drug-likeness (QED) is 0.656. The molecule has 2 aliphatic rings. The molecule has 0 aliphatic carbocycles. The van der Waals surface area contributed by atoms with Gasteiger partial charge in [0, 0.05) is 19.1 Å². The van der Waals surface area contributed by atoms with Gasteiger partial charge in [-0.15, -0.1) is 0 Å². The van der Waals surface area contributed by atoms with Crippen LogP contribution >= 0.6 is 0 Å². The number of carbonyl (C=O) groups is 1. The van der Waals surface area contributed by atoms with Crippen LogP contribution in [0, 0.1) is 0 Å². The second-order valence-electron chi connectivity index (χ2n) is 5.04. The molecule has 16 heavy (non-hydrogen) atoms. The molecular weight excluding hydrogens is 204 g/mol. The van der Waals surface area contributed by atoms with E-state index in [1.54, 1.807) is 0 Å². The molecule has 0 radical (unpaired) electrons. The van der Waals surface area contributed by atoms with Crippen LogP contribution in [0.4, 0.5) is 0 Å². The van der Waals surface area contributed by atoms with Gasteiger partial charge in [-0.1, -0.05) is 0 Å². The van der Waals surface area contributed by atoms with Gasteiger partial charge < -0.3 is 10.2 Å². The molecule has 2 heterocycles. The van der Waals surface area contributed by atoms with Crippen LogP contribution in [-0.2, 0) is 4.79 Å². The second-order valence-corrected chi connectivity index (χ2v) is 5.04. The summed E-state index contributed by atoms with van der Waals surface area (Å²) >= 11 is 0. The van der Waals surface area contributed by atoms with Crippen LogP contribution in [-0.4, -0.2) is 48.5 Å². The Labute approximate surface area is 96.3 Å². The average Bonchev–Trinajstić information content (AvgIpc) is 2.48. The standard InChI is InChI=1S/C11H20N4O/c1-8(2)12-10-13-9(16)11(14-10)4-6-15(3)7-5-11/h8H,4-7H2,1-3H3,(H2,12,13,14,16). The lowest BCUT2D eigenvalue weighted by Gasteiger charge is -2.35. The van der Waals surface area contributed by atoms with Crippen molar-refractivity contribution < 1.29 is 4.79 Å². The van der Waals surface area contributed by atoms with Gasteiger partial charge in [-0.05, 0) is 33.7 Å².